The normalized spacial score (nSPS) is 20.0. The fraction of sp³-hybridized carbons (Fsp3) is 0.333. The van der Waals surface area contributed by atoms with Gasteiger partial charge in [-0.1, -0.05) is 18.2 Å². The van der Waals surface area contributed by atoms with Gasteiger partial charge in [0.15, 0.2) is 0 Å². The Kier molecular flexibility index (Phi) is 3.37. The van der Waals surface area contributed by atoms with E-state index in [-0.39, 0.29) is 18.8 Å². The number of phenolic OH excluding ortho intramolecular Hbond substituents is 1. The van der Waals surface area contributed by atoms with Crippen LogP contribution in [0.25, 0.3) is 0 Å². The van der Waals surface area contributed by atoms with Crippen molar-refractivity contribution in [1.82, 2.24) is 27.9 Å². The number of nitrogens with zero attached hydrogens (tertiary/aromatic N) is 6. The molecule has 150 valence electrons. The Hall–Kier alpha value is -3.76. The summed E-state index contributed by atoms with van der Waals surface area (Å²) in [6, 6.07) is 5.11. The average Bonchev–Trinajstić information content (AvgIpc) is 3.07. The summed E-state index contributed by atoms with van der Waals surface area (Å²) in [6.07, 6.45) is 1.83. The molecule has 11 heteroatoms. The fourth-order valence-electron chi connectivity index (χ4n) is 4.33. The van der Waals surface area contributed by atoms with Crippen molar-refractivity contribution in [2.24, 2.45) is 14.1 Å². The zero-order chi connectivity index (χ0) is 20.6. The Balaban J connectivity index is 1.83. The van der Waals surface area contributed by atoms with Gasteiger partial charge < -0.3 is 5.11 Å². The summed E-state index contributed by atoms with van der Waals surface area (Å²) < 4.78 is 7.43. The molecule has 1 N–H and O–H groups in total. The number of hydrogen-bond acceptors (Lipinski definition) is 5. The van der Waals surface area contributed by atoms with Crippen LogP contribution in [0.2, 0.25) is 0 Å². The Morgan fingerprint density at radius 3 is 2.07 bits per heavy atom. The van der Waals surface area contributed by atoms with Crippen molar-refractivity contribution in [2.45, 2.75) is 25.2 Å². The lowest BCUT2D eigenvalue weighted by Gasteiger charge is -2.37. The highest BCUT2D eigenvalue weighted by Crippen LogP contribution is 2.38. The Morgan fingerprint density at radius 2 is 1.41 bits per heavy atom. The van der Waals surface area contributed by atoms with Crippen molar-refractivity contribution < 1.29 is 5.11 Å². The van der Waals surface area contributed by atoms with Crippen LogP contribution in [0.5, 0.6) is 5.75 Å². The minimum atomic E-state index is -0.647. The second kappa shape index (κ2) is 5.63. The molecular weight excluding hydrogens is 380 g/mol. The van der Waals surface area contributed by atoms with E-state index in [0.717, 1.165) is 14.7 Å². The first-order valence-corrected chi connectivity index (χ1v) is 9.06. The van der Waals surface area contributed by atoms with Crippen molar-refractivity contribution >= 4 is 0 Å². The highest BCUT2D eigenvalue weighted by atomic mass is 16.3. The molecule has 2 atom stereocenters. The molecule has 2 aliphatic heterocycles. The zero-order valence-corrected chi connectivity index (χ0v) is 15.7. The average molecular weight is 398 g/mol. The Labute approximate surface area is 162 Å². The number of rotatable bonds is 1. The largest absolute Gasteiger partial charge is 0.508 e. The molecule has 2 aliphatic rings. The third-order valence-corrected chi connectivity index (χ3v) is 5.80. The van der Waals surface area contributed by atoms with E-state index in [1.165, 1.54) is 45.0 Å². The summed E-state index contributed by atoms with van der Waals surface area (Å²) in [5.74, 6) is 0.0737. The number of allylic oxidation sites excluding steroid dienone is 2. The van der Waals surface area contributed by atoms with Crippen molar-refractivity contribution in [3.63, 3.8) is 0 Å². The first-order chi connectivity index (χ1) is 13.8. The lowest BCUT2D eigenvalue weighted by molar-refractivity contribution is 0.246. The van der Waals surface area contributed by atoms with Gasteiger partial charge in [0.05, 0.1) is 19.1 Å². The van der Waals surface area contributed by atoms with Crippen LogP contribution in [-0.2, 0) is 27.2 Å². The molecule has 0 spiro atoms. The summed E-state index contributed by atoms with van der Waals surface area (Å²) in [4.78, 5) is 50.6. The molecule has 0 saturated heterocycles. The van der Waals surface area contributed by atoms with Gasteiger partial charge in [-0.25, -0.2) is 47.0 Å². The molecule has 1 aromatic carbocycles. The minimum Gasteiger partial charge on any atom is -0.508 e. The Bertz CT molecular complexity index is 1420. The van der Waals surface area contributed by atoms with E-state index in [1.807, 2.05) is 6.08 Å². The van der Waals surface area contributed by atoms with Crippen molar-refractivity contribution in [3.05, 3.63) is 83.4 Å². The van der Waals surface area contributed by atoms with E-state index in [2.05, 4.69) is 0 Å². The molecule has 2 aromatic heterocycles. The highest BCUT2D eigenvalue weighted by Gasteiger charge is 2.40. The Morgan fingerprint density at radius 1 is 0.828 bits per heavy atom. The fourth-order valence-corrected chi connectivity index (χ4v) is 4.33. The minimum absolute atomic E-state index is 0.0543. The number of hydrogen-bond donors (Lipinski definition) is 1. The number of aromatic hydroxyl groups is 1. The van der Waals surface area contributed by atoms with E-state index in [4.69, 9.17) is 0 Å². The maximum atomic E-state index is 12.8. The maximum absolute atomic E-state index is 12.8. The van der Waals surface area contributed by atoms with Crippen molar-refractivity contribution in [1.29, 1.82) is 0 Å². The van der Waals surface area contributed by atoms with Crippen LogP contribution in [0.1, 0.15) is 17.6 Å². The van der Waals surface area contributed by atoms with Crippen LogP contribution in [0.15, 0.2) is 55.1 Å². The third kappa shape index (κ3) is 2.12. The van der Waals surface area contributed by atoms with Crippen LogP contribution in [0.4, 0.5) is 0 Å². The summed E-state index contributed by atoms with van der Waals surface area (Å²) >= 11 is 0. The van der Waals surface area contributed by atoms with Gasteiger partial charge in [0, 0.05) is 14.1 Å². The lowest BCUT2D eigenvalue weighted by Crippen LogP contribution is -2.46. The van der Waals surface area contributed by atoms with Gasteiger partial charge in [-0.2, -0.15) is 0 Å². The molecule has 0 unspecified atom stereocenters. The maximum Gasteiger partial charge on any atom is 0.347 e. The molecule has 0 bridgehead atoms. The lowest BCUT2D eigenvalue weighted by atomic mass is 9.90. The van der Waals surface area contributed by atoms with Crippen LogP contribution in [0.3, 0.4) is 0 Å². The third-order valence-electron chi connectivity index (χ3n) is 5.80. The van der Waals surface area contributed by atoms with Crippen molar-refractivity contribution in [2.75, 3.05) is 0 Å². The zero-order valence-electron chi connectivity index (χ0n) is 15.7. The quantitative estimate of drug-likeness (QED) is 0.501. The standard InChI is InChI=1S/C18H18N6O5/c1-19-15(26)21-8-7-12-13(23(21)17(19)28)9-22-16(27)20(2)18(29)24(22)14(12)10-3-5-11(25)6-4-10/h3-7,13-14,25H,8-9H2,1-2H3/t13-,14+/m1/s1. The highest BCUT2D eigenvalue weighted by molar-refractivity contribution is 5.36. The van der Waals surface area contributed by atoms with Gasteiger partial charge in [0.2, 0.25) is 0 Å². The molecule has 29 heavy (non-hydrogen) atoms. The summed E-state index contributed by atoms with van der Waals surface area (Å²) in [7, 11) is 2.81. The first kappa shape index (κ1) is 17.3. The smallest absolute Gasteiger partial charge is 0.347 e. The SMILES string of the molecule is Cn1c(=O)n2n(c1=O)[C@@H]1Cn3c(=O)n(C)c(=O)n3[C@@H](c3ccc(O)cc3)C1=CC2. The second-order valence-electron chi connectivity index (χ2n) is 7.32. The molecule has 0 aliphatic carbocycles. The van der Waals surface area contributed by atoms with Gasteiger partial charge in [-0.3, -0.25) is 0 Å². The van der Waals surface area contributed by atoms with Crippen molar-refractivity contribution in [3.8, 4) is 5.75 Å². The summed E-state index contributed by atoms with van der Waals surface area (Å²) in [5.41, 5.74) is -0.460. The first-order valence-electron chi connectivity index (χ1n) is 9.06. The van der Waals surface area contributed by atoms with Crippen LogP contribution < -0.4 is 22.8 Å². The van der Waals surface area contributed by atoms with E-state index < -0.39 is 34.8 Å². The van der Waals surface area contributed by atoms with E-state index in [9.17, 15) is 24.3 Å². The molecule has 0 amide bonds. The number of benzene rings is 1. The molecule has 0 fully saturated rings. The molecule has 3 aromatic rings. The molecule has 0 saturated carbocycles. The molecule has 4 heterocycles. The van der Waals surface area contributed by atoms with E-state index in [0.29, 0.717) is 5.56 Å². The van der Waals surface area contributed by atoms with Crippen LogP contribution in [0, 0.1) is 0 Å². The molecule has 0 radical (unpaired) electrons. The summed E-state index contributed by atoms with van der Waals surface area (Å²) in [6.45, 7) is 0.236. The second-order valence-corrected chi connectivity index (χ2v) is 7.32. The van der Waals surface area contributed by atoms with Gasteiger partial charge in [0.1, 0.15) is 11.8 Å². The van der Waals surface area contributed by atoms with Gasteiger partial charge in [-0.05, 0) is 23.3 Å². The van der Waals surface area contributed by atoms with E-state index in [1.54, 1.807) is 12.1 Å². The van der Waals surface area contributed by atoms with Gasteiger partial charge in [-0.15, -0.1) is 0 Å². The predicted molar refractivity (Wildman–Crippen MR) is 101 cm³/mol. The topological polar surface area (TPSA) is 118 Å². The molecular formula is C18H18N6O5. The number of phenols is 1. The number of fused-ring (bicyclic) bond motifs is 4. The summed E-state index contributed by atoms with van der Waals surface area (Å²) in [5, 5.41) is 9.66. The van der Waals surface area contributed by atoms with Gasteiger partial charge in [0.25, 0.3) is 0 Å². The van der Waals surface area contributed by atoms with Crippen LogP contribution in [-0.4, -0.2) is 33.0 Å². The van der Waals surface area contributed by atoms with Gasteiger partial charge >= 0.3 is 22.8 Å². The molecule has 5 rings (SSSR count). The predicted octanol–water partition coefficient (Wildman–Crippen LogP) is -1.50. The van der Waals surface area contributed by atoms with E-state index >= 15 is 0 Å². The monoisotopic (exact) mass is 398 g/mol. The molecule has 11 nitrogen and oxygen atoms in total. The van der Waals surface area contributed by atoms with Crippen LogP contribution >= 0.6 is 0 Å². The number of aromatic nitrogens is 6.